The second-order valence-electron chi connectivity index (χ2n) is 5.29. The molecule has 20 heavy (non-hydrogen) atoms. The highest BCUT2D eigenvalue weighted by Gasteiger charge is 2.35. The van der Waals surface area contributed by atoms with E-state index in [2.05, 4.69) is 15.9 Å². The summed E-state index contributed by atoms with van der Waals surface area (Å²) in [5.41, 5.74) is 2.01. The minimum absolute atomic E-state index is 0.0428. The highest BCUT2D eigenvalue weighted by Crippen LogP contribution is 2.32. The van der Waals surface area contributed by atoms with Crippen LogP contribution >= 0.6 is 15.9 Å². The lowest BCUT2D eigenvalue weighted by Gasteiger charge is -2.27. The van der Waals surface area contributed by atoms with Crippen LogP contribution in [-0.2, 0) is 9.59 Å². The zero-order valence-electron chi connectivity index (χ0n) is 11.4. The third kappa shape index (κ3) is 3.39. The second kappa shape index (κ2) is 6.39. The molecule has 1 saturated heterocycles. The smallest absolute Gasteiger partial charge is 0.305 e. The Kier molecular flexibility index (Phi) is 4.81. The quantitative estimate of drug-likeness (QED) is 0.839. The van der Waals surface area contributed by atoms with Crippen molar-refractivity contribution in [3.05, 3.63) is 35.4 Å². The first-order chi connectivity index (χ1) is 9.51. The number of benzene rings is 1. The van der Waals surface area contributed by atoms with Crippen molar-refractivity contribution in [3.8, 4) is 0 Å². The Bertz CT molecular complexity index is 500. The molecule has 0 bridgehead atoms. The molecule has 0 aromatic heterocycles. The van der Waals surface area contributed by atoms with Crippen molar-refractivity contribution in [1.29, 1.82) is 0 Å². The number of amides is 1. The van der Waals surface area contributed by atoms with E-state index >= 15 is 0 Å². The molecule has 0 saturated carbocycles. The number of hydrogen-bond donors (Lipinski definition) is 1. The topological polar surface area (TPSA) is 57.6 Å². The molecule has 2 atom stereocenters. The largest absolute Gasteiger partial charge is 0.481 e. The standard InChI is InChI=1S/C15H18BrNO3/c1-10-2-4-12(5-3-10)13(7-15(19)20)17-9-11(8-16)6-14(17)18/h2-5,11,13H,6-9H2,1H3,(H,19,20). The molecule has 1 aromatic carbocycles. The van der Waals surface area contributed by atoms with Gasteiger partial charge < -0.3 is 10.0 Å². The summed E-state index contributed by atoms with van der Waals surface area (Å²) in [5, 5.41) is 9.89. The maximum Gasteiger partial charge on any atom is 0.305 e. The molecule has 1 aliphatic rings. The van der Waals surface area contributed by atoms with Crippen molar-refractivity contribution in [3.63, 3.8) is 0 Å². The van der Waals surface area contributed by atoms with Gasteiger partial charge in [-0.25, -0.2) is 0 Å². The van der Waals surface area contributed by atoms with E-state index in [4.69, 9.17) is 5.11 Å². The Labute approximate surface area is 126 Å². The molecule has 1 aromatic rings. The van der Waals surface area contributed by atoms with E-state index in [0.717, 1.165) is 16.5 Å². The molecule has 1 fully saturated rings. The van der Waals surface area contributed by atoms with Crippen LogP contribution in [0.15, 0.2) is 24.3 Å². The Hall–Kier alpha value is -1.36. The number of halogens is 1. The van der Waals surface area contributed by atoms with Gasteiger partial charge in [-0.2, -0.15) is 0 Å². The Morgan fingerprint density at radius 3 is 2.60 bits per heavy atom. The predicted molar refractivity (Wildman–Crippen MR) is 79.8 cm³/mol. The molecule has 0 aliphatic carbocycles. The number of carbonyl (C=O) groups excluding carboxylic acids is 1. The van der Waals surface area contributed by atoms with Crippen molar-refractivity contribution in [1.82, 2.24) is 4.90 Å². The summed E-state index contributed by atoms with van der Waals surface area (Å²) in [6.45, 7) is 2.60. The van der Waals surface area contributed by atoms with Crippen LogP contribution in [0.2, 0.25) is 0 Å². The van der Waals surface area contributed by atoms with Crippen LogP contribution in [0.3, 0.4) is 0 Å². The lowest BCUT2D eigenvalue weighted by Crippen LogP contribution is -2.32. The minimum atomic E-state index is -0.884. The van der Waals surface area contributed by atoms with E-state index in [1.165, 1.54) is 0 Å². The predicted octanol–water partition coefficient (Wildman–Crippen LogP) is 2.75. The van der Waals surface area contributed by atoms with E-state index < -0.39 is 5.97 Å². The van der Waals surface area contributed by atoms with Gasteiger partial charge in [-0.1, -0.05) is 45.8 Å². The molecule has 2 unspecified atom stereocenters. The summed E-state index contributed by atoms with van der Waals surface area (Å²) in [4.78, 5) is 24.9. The van der Waals surface area contributed by atoms with Gasteiger partial charge in [-0.05, 0) is 18.4 Å². The summed E-state index contributed by atoms with van der Waals surface area (Å²) in [6, 6.07) is 7.36. The van der Waals surface area contributed by atoms with Gasteiger partial charge in [0.05, 0.1) is 12.5 Å². The number of hydrogen-bond acceptors (Lipinski definition) is 2. The first kappa shape index (κ1) is 15.0. The molecule has 0 radical (unpaired) electrons. The third-order valence-corrected chi connectivity index (χ3v) is 4.58. The van der Waals surface area contributed by atoms with Crippen LogP contribution in [-0.4, -0.2) is 33.8 Å². The maximum absolute atomic E-state index is 12.1. The Morgan fingerprint density at radius 2 is 2.10 bits per heavy atom. The van der Waals surface area contributed by atoms with Gasteiger partial charge in [-0.3, -0.25) is 9.59 Å². The van der Waals surface area contributed by atoms with Gasteiger partial charge in [-0.15, -0.1) is 0 Å². The summed E-state index contributed by atoms with van der Waals surface area (Å²) in [6.07, 6.45) is 0.442. The third-order valence-electron chi connectivity index (χ3n) is 3.66. The van der Waals surface area contributed by atoms with Crippen molar-refractivity contribution in [2.75, 3.05) is 11.9 Å². The second-order valence-corrected chi connectivity index (χ2v) is 5.94. The molecular weight excluding hydrogens is 322 g/mol. The number of likely N-dealkylation sites (tertiary alicyclic amines) is 1. The molecule has 2 rings (SSSR count). The molecule has 108 valence electrons. The van der Waals surface area contributed by atoms with E-state index in [-0.39, 0.29) is 24.3 Å². The van der Waals surface area contributed by atoms with Crippen molar-refractivity contribution < 1.29 is 14.7 Å². The highest BCUT2D eigenvalue weighted by molar-refractivity contribution is 9.09. The number of nitrogens with zero attached hydrogens (tertiary/aromatic N) is 1. The minimum Gasteiger partial charge on any atom is -0.481 e. The normalized spacial score (nSPS) is 20.2. The lowest BCUT2D eigenvalue weighted by atomic mass is 10.0. The van der Waals surface area contributed by atoms with Crippen LogP contribution in [0.5, 0.6) is 0 Å². The SMILES string of the molecule is Cc1ccc(C(CC(=O)O)N2CC(CBr)CC2=O)cc1. The van der Waals surface area contributed by atoms with Crippen LogP contribution in [0, 0.1) is 12.8 Å². The van der Waals surface area contributed by atoms with E-state index in [9.17, 15) is 9.59 Å². The lowest BCUT2D eigenvalue weighted by molar-refractivity contribution is -0.139. The number of carboxylic acid groups (broad SMARTS) is 1. The molecular formula is C15H18BrNO3. The number of carboxylic acids is 1. The van der Waals surface area contributed by atoms with Crippen LogP contribution in [0.25, 0.3) is 0 Å². The average Bonchev–Trinajstić information content (AvgIpc) is 2.78. The highest BCUT2D eigenvalue weighted by atomic mass is 79.9. The number of alkyl halides is 1. The van der Waals surface area contributed by atoms with E-state index in [1.807, 2.05) is 31.2 Å². The fourth-order valence-corrected chi connectivity index (χ4v) is 3.01. The molecule has 1 N–H and O–H groups in total. The monoisotopic (exact) mass is 339 g/mol. The van der Waals surface area contributed by atoms with Gasteiger partial charge in [0.15, 0.2) is 0 Å². The van der Waals surface area contributed by atoms with Crippen LogP contribution in [0.1, 0.15) is 30.0 Å². The summed E-state index contributed by atoms with van der Waals surface area (Å²) >= 11 is 3.40. The maximum atomic E-state index is 12.1. The van der Waals surface area contributed by atoms with Crippen molar-refractivity contribution >= 4 is 27.8 Å². The first-order valence-corrected chi connectivity index (χ1v) is 7.77. The number of rotatable bonds is 5. The molecule has 1 amide bonds. The van der Waals surface area contributed by atoms with Crippen molar-refractivity contribution in [2.24, 2.45) is 5.92 Å². The molecule has 4 nitrogen and oxygen atoms in total. The summed E-state index contributed by atoms with van der Waals surface area (Å²) in [5.74, 6) is -0.573. The van der Waals surface area contributed by atoms with Crippen molar-refractivity contribution in [2.45, 2.75) is 25.8 Å². The zero-order chi connectivity index (χ0) is 14.7. The summed E-state index contributed by atoms with van der Waals surface area (Å²) < 4.78 is 0. The molecule has 1 heterocycles. The Balaban J connectivity index is 2.26. The molecule has 5 heteroatoms. The zero-order valence-corrected chi connectivity index (χ0v) is 13.0. The van der Waals surface area contributed by atoms with E-state index in [1.54, 1.807) is 4.90 Å². The van der Waals surface area contributed by atoms with Gasteiger partial charge in [0.1, 0.15) is 0 Å². The molecule has 1 aliphatic heterocycles. The van der Waals surface area contributed by atoms with Gasteiger partial charge in [0.2, 0.25) is 5.91 Å². The molecule has 0 spiro atoms. The van der Waals surface area contributed by atoms with Gasteiger partial charge >= 0.3 is 5.97 Å². The average molecular weight is 340 g/mol. The number of carbonyl (C=O) groups is 2. The van der Waals surface area contributed by atoms with Crippen LogP contribution in [0.4, 0.5) is 0 Å². The fourth-order valence-electron chi connectivity index (χ4n) is 2.58. The van der Waals surface area contributed by atoms with Crippen LogP contribution < -0.4 is 0 Å². The Morgan fingerprint density at radius 1 is 1.45 bits per heavy atom. The van der Waals surface area contributed by atoms with Gasteiger partial charge in [0.25, 0.3) is 0 Å². The number of aryl methyl sites for hydroxylation is 1. The van der Waals surface area contributed by atoms with E-state index in [0.29, 0.717) is 13.0 Å². The fraction of sp³-hybridized carbons (Fsp3) is 0.467. The van der Waals surface area contributed by atoms with Gasteiger partial charge in [0, 0.05) is 18.3 Å². The number of aliphatic carboxylic acids is 1. The summed E-state index contributed by atoms with van der Waals surface area (Å²) in [7, 11) is 0. The first-order valence-electron chi connectivity index (χ1n) is 6.65.